The number of nitrogens with zero attached hydrogens (tertiary/aromatic N) is 3. The van der Waals surface area contributed by atoms with Crippen LogP contribution in [-0.2, 0) is 4.79 Å². The highest BCUT2D eigenvalue weighted by Gasteiger charge is 2.41. The minimum Gasteiger partial charge on any atom is -0.335 e. The monoisotopic (exact) mass is 411 g/mol. The van der Waals surface area contributed by atoms with Crippen molar-refractivity contribution in [1.82, 2.24) is 14.8 Å². The Morgan fingerprint density at radius 3 is 2.16 bits per heavy atom. The Hall–Kier alpha value is -2.98. The number of rotatable bonds is 5. The lowest BCUT2D eigenvalue weighted by atomic mass is 9.88. The van der Waals surface area contributed by atoms with Gasteiger partial charge in [0.25, 0.3) is 0 Å². The van der Waals surface area contributed by atoms with Gasteiger partial charge in [0.2, 0.25) is 5.91 Å². The van der Waals surface area contributed by atoms with E-state index in [1.54, 1.807) is 6.20 Å². The average molecular weight is 412 g/mol. The van der Waals surface area contributed by atoms with Crippen LogP contribution in [-0.4, -0.2) is 40.3 Å². The molecule has 2 aliphatic heterocycles. The summed E-state index contributed by atoms with van der Waals surface area (Å²) < 4.78 is 0. The number of amides is 1. The van der Waals surface area contributed by atoms with Crippen LogP contribution in [0.2, 0.25) is 0 Å². The van der Waals surface area contributed by atoms with Crippen LogP contribution in [0.3, 0.4) is 0 Å². The molecule has 3 heterocycles. The molecule has 0 saturated carbocycles. The number of pyridine rings is 1. The van der Waals surface area contributed by atoms with Crippen molar-refractivity contribution in [3.05, 3.63) is 102 Å². The van der Waals surface area contributed by atoms with Gasteiger partial charge in [-0.05, 0) is 42.0 Å². The lowest BCUT2D eigenvalue weighted by Gasteiger charge is -2.47. The Kier molecular flexibility index (Phi) is 5.81. The van der Waals surface area contributed by atoms with Gasteiger partial charge in [-0.15, -0.1) is 0 Å². The van der Waals surface area contributed by atoms with Gasteiger partial charge in [0, 0.05) is 32.0 Å². The number of hydrogen-bond acceptors (Lipinski definition) is 3. The molecule has 1 unspecified atom stereocenters. The first kappa shape index (κ1) is 20.0. The van der Waals surface area contributed by atoms with E-state index in [-0.39, 0.29) is 18.0 Å². The van der Waals surface area contributed by atoms with E-state index in [2.05, 4.69) is 81.5 Å². The lowest BCUT2D eigenvalue weighted by Crippen LogP contribution is -2.56. The second kappa shape index (κ2) is 9.03. The van der Waals surface area contributed by atoms with Gasteiger partial charge in [-0.2, -0.15) is 0 Å². The molecule has 0 N–H and O–H groups in total. The largest absolute Gasteiger partial charge is 0.335 e. The van der Waals surface area contributed by atoms with Gasteiger partial charge in [0.1, 0.15) is 0 Å². The van der Waals surface area contributed by atoms with E-state index in [4.69, 9.17) is 0 Å². The molecule has 0 radical (unpaired) electrons. The summed E-state index contributed by atoms with van der Waals surface area (Å²) in [6.07, 6.45) is 7.02. The van der Waals surface area contributed by atoms with Crippen molar-refractivity contribution in [1.29, 1.82) is 0 Å². The molecule has 2 fully saturated rings. The lowest BCUT2D eigenvalue weighted by molar-refractivity contribution is -0.146. The van der Waals surface area contributed by atoms with E-state index in [1.807, 2.05) is 12.3 Å². The maximum absolute atomic E-state index is 13.5. The standard InChI is InChI=1S/C27H29N3O/c31-27(30-17-8-7-15-25(30)23-14-9-16-28-18-23)24-19-29(20-24)26(21-10-3-1-4-11-21)22-12-5-2-6-13-22/h1-6,9-14,16,18,24-26H,7-8,15,17,19-20H2. The molecule has 31 heavy (non-hydrogen) atoms. The summed E-state index contributed by atoms with van der Waals surface area (Å²) in [6.45, 7) is 2.47. The molecule has 5 rings (SSSR count). The van der Waals surface area contributed by atoms with Gasteiger partial charge in [-0.25, -0.2) is 0 Å². The normalized spacial score (nSPS) is 19.9. The number of benzene rings is 2. The second-order valence-electron chi connectivity index (χ2n) is 8.70. The number of carbonyl (C=O) groups excluding carboxylic acids is 1. The van der Waals surface area contributed by atoms with Gasteiger partial charge in [0.05, 0.1) is 18.0 Å². The molecule has 1 aromatic heterocycles. The summed E-state index contributed by atoms with van der Waals surface area (Å²) in [6, 6.07) is 25.7. The minimum absolute atomic E-state index is 0.0761. The molecule has 4 heteroatoms. The maximum Gasteiger partial charge on any atom is 0.228 e. The van der Waals surface area contributed by atoms with Crippen LogP contribution < -0.4 is 0 Å². The summed E-state index contributed by atoms with van der Waals surface area (Å²) in [7, 11) is 0. The fraction of sp³-hybridized carbons (Fsp3) is 0.333. The van der Waals surface area contributed by atoms with Crippen molar-refractivity contribution in [2.24, 2.45) is 5.92 Å². The number of carbonyl (C=O) groups is 1. The van der Waals surface area contributed by atoms with Crippen molar-refractivity contribution < 1.29 is 4.79 Å². The van der Waals surface area contributed by atoms with Crippen LogP contribution in [0.1, 0.15) is 48.0 Å². The molecule has 1 atom stereocenters. The van der Waals surface area contributed by atoms with Gasteiger partial charge in [-0.1, -0.05) is 66.7 Å². The van der Waals surface area contributed by atoms with E-state index in [9.17, 15) is 4.79 Å². The van der Waals surface area contributed by atoms with Crippen molar-refractivity contribution in [3.8, 4) is 0 Å². The van der Waals surface area contributed by atoms with Gasteiger partial charge in [0.15, 0.2) is 0 Å². The zero-order valence-corrected chi connectivity index (χ0v) is 17.8. The highest BCUT2D eigenvalue weighted by molar-refractivity contribution is 5.81. The highest BCUT2D eigenvalue weighted by atomic mass is 16.2. The third-order valence-corrected chi connectivity index (χ3v) is 6.71. The number of piperidine rings is 1. The van der Waals surface area contributed by atoms with Crippen molar-refractivity contribution in [2.45, 2.75) is 31.3 Å². The Labute approximate surface area is 184 Å². The fourth-order valence-corrected chi connectivity index (χ4v) is 5.11. The number of hydrogen-bond donors (Lipinski definition) is 0. The van der Waals surface area contributed by atoms with Gasteiger partial charge < -0.3 is 4.90 Å². The molecule has 1 amide bonds. The number of likely N-dealkylation sites (tertiary alicyclic amines) is 2. The maximum atomic E-state index is 13.5. The predicted molar refractivity (Wildman–Crippen MR) is 122 cm³/mol. The average Bonchev–Trinajstić information content (AvgIpc) is 2.82. The minimum atomic E-state index is 0.0761. The molecule has 3 aromatic rings. The molecule has 0 bridgehead atoms. The van der Waals surface area contributed by atoms with Crippen LogP contribution in [0.15, 0.2) is 85.2 Å². The summed E-state index contributed by atoms with van der Waals surface area (Å²) >= 11 is 0. The van der Waals surface area contributed by atoms with E-state index < -0.39 is 0 Å². The van der Waals surface area contributed by atoms with E-state index >= 15 is 0 Å². The molecular formula is C27H29N3O. The number of aromatic nitrogens is 1. The molecule has 158 valence electrons. The Bertz CT molecular complexity index is 947. The smallest absolute Gasteiger partial charge is 0.228 e. The zero-order chi connectivity index (χ0) is 21.0. The molecular weight excluding hydrogens is 382 g/mol. The Balaban J connectivity index is 1.32. The first-order valence-electron chi connectivity index (χ1n) is 11.4. The molecule has 2 saturated heterocycles. The highest BCUT2D eigenvalue weighted by Crippen LogP contribution is 2.37. The quantitative estimate of drug-likeness (QED) is 0.602. The fourth-order valence-electron chi connectivity index (χ4n) is 5.11. The van der Waals surface area contributed by atoms with E-state index in [0.29, 0.717) is 5.91 Å². The van der Waals surface area contributed by atoms with Crippen LogP contribution in [0.25, 0.3) is 0 Å². The Morgan fingerprint density at radius 1 is 0.871 bits per heavy atom. The first-order valence-corrected chi connectivity index (χ1v) is 11.4. The van der Waals surface area contributed by atoms with Crippen molar-refractivity contribution >= 4 is 5.91 Å². The molecule has 0 aliphatic carbocycles. The van der Waals surface area contributed by atoms with Crippen molar-refractivity contribution in [2.75, 3.05) is 19.6 Å². The van der Waals surface area contributed by atoms with E-state index in [0.717, 1.165) is 38.0 Å². The summed E-state index contributed by atoms with van der Waals surface area (Å²) in [5.41, 5.74) is 3.73. The Morgan fingerprint density at radius 2 is 1.55 bits per heavy atom. The summed E-state index contributed by atoms with van der Waals surface area (Å²) in [5.74, 6) is 0.386. The van der Waals surface area contributed by atoms with Gasteiger partial charge in [-0.3, -0.25) is 14.7 Å². The summed E-state index contributed by atoms with van der Waals surface area (Å²) in [5, 5.41) is 0. The zero-order valence-electron chi connectivity index (χ0n) is 17.8. The third-order valence-electron chi connectivity index (χ3n) is 6.71. The predicted octanol–water partition coefficient (Wildman–Crippen LogP) is 4.86. The molecule has 2 aliphatic rings. The second-order valence-corrected chi connectivity index (χ2v) is 8.70. The summed E-state index contributed by atoms with van der Waals surface area (Å²) in [4.78, 5) is 22.3. The SMILES string of the molecule is O=C(C1CN(C(c2ccccc2)c2ccccc2)C1)N1CCCCC1c1cccnc1. The van der Waals surface area contributed by atoms with Crippen LogP contribution in [0.4, 0.5) is 0 Å². The van der Waals surface area contributed by atoms with Crippen LogP contribution in [0, 0.1) is 5.92 Å². The molecule has 2 aromatic carbocycles. The first-order chi connectivity index (χ1) is 15.3. The van der Waals surface area contributed by atoms with E-state index in [1.165, 1.54) is 17.5 Å². The molecule has 0 spiro atoms. The van der Waals surface area contributed by atoms with Crippen LogP contribution >= 0.6 is 0 Å². The topological polar surface area (TPSA) is 36.4 Å². The van der Waals surface area contributed by atoms with Gasteiger partial charge >= 0.3 is 0 Å². The third kappa shape index (κ3) is 4.13. The van der Waals surface area contributed by atoms with Crippen LogP contribution in [0.5, 0.6) is 0 Å². The van der Waals surface area contributed by atoms with Crippen molar-refractivity contribution in [3.63, 3.8) is 0 Å². The molecule has 4 nitrogen and oxygen atoms in total.